The Bertz CT molecular complexity index is 565. The molecule has 1 fully saturated rings. The molecule has 1 aliphatic rings. The minimum Gasteiger partial charge on any atom is -0.507 e. The molecule has 0 amide bonds. The molecule has 4 nitrogen and oxygen atoms in total. The van der Waals surface area contributed by atoms with Crippen LogP contribution in [0.4, 0.5) is 5.82 Å². The highest BCUT2D eigenvalue weighted by Gasteiger charge is 2.14. The van der Waals surface area contributed by atoms with Crippen LogP contribution in [0.25, 0.3) is 11.3 Å². The molecule has 0 atom stereocenters. The van der Waals surface area contributed by atoms with Gasteiger partial charge in [0.15, 0.2) is 0 Å². The third-order valence-electron chi connectivity index (χ3n) is 3.51. The zero-order valence-electron chi connectivity index (χ0n) is 10.8. The van der Waals surface area contributed by atoms with Crippen molar-refractivity contribution in [3.63, 3.8) is 0 Å². The first-order chi connectivity index (χ1) is 9.34. The Kier molecular flexibility index (Phi) is 3.31. The summed E-state index contributed by atoms with van der Waals surface area (Å²) in [6.07, 6.45) is 5.31. The number of hydrogen-bond donors (Lipinski definition) is 1. The van der Waals surface area contributed by atoms with Crippen LogP contribution in [0.1, 0.15) is 19.3 Å². The van der Waals surface area contributed by atoms with Gasteiger partial charge in [0.05, 0.1) is 5.69 Å². The van der Waals surface area contributed by atoms with Gasteiger partial charge in [-0.25, -0.2) is 9.97 Å². The Hall–Kier alpha value is -2.10. The van der Waals surface area contributed by atoms with Crippen molar-refractivity contribution >= 4 is 5.82 Å². The molecule has 98 valence electrons. The predicted molar refractivity (Wildman–Crippen MR) is 75.2 cm³/mol. The van der Waals surface area contributed by atoms with Crippen LogP contribution in [0.5, 0.6) is 5.75 Å². The lowest BCUT2D eigenvalue weighted by atomic mass is 10.1. The van der Waals surface area contributed by atoms with Crippen molar-refractivity contribution in [3.05, 3.63) is 36.7 Å². The summed E-state index contributed by atoms with van der Waals surface area (Å²) < 4.78 is 0. The van der Waals surface area contributed by atoms with Gasteiger partial charge in [0.25, 0.3) is 0 Å². The minimum absolute atomic E-state index is 0.255. The Morgan fingerprint density at radius 2 is 1.79 bits per heavy atom. The van der Waals surface area contributed by atoms with Crippen molar-refractivity contribution in [2.75, 3.05) is 18.0 Å². The van der Waals surface area contributed by atoms with Crippen LogP contribution >= 0.6 is 0 Å². The van der Waals surface area contributed by atoms with Gasteiger partial charge in [-0.1, -0.05) is 12.1 Å². The molecule has 3 rings (SSSR count). The molecule has 0 radical (unpaired) electrons. The fourth-order valence-corrected chi connectivity index (χ4v) is 2.48. The standard InChI is InChI=1S/C15H17N3O/c19-14-7-3-2-6-12(14)13-10-15(17-11-16-13)18-8-4-1-5-9-18/h2-3,6-7,10-11,19H,1,4-5,8-9H2. The molecule has 1 aliphatic heterocycles. The average molecular weight is 255 g/mol. The molecule has 1 aromatic carbocycles. The maximum Gasteiger partial charge on any atom is 0.132 e. The van der Waals surface area contributed by atoms with Crippen molar-refractivity contribution in [3.8, 4) is 17.0 Å². The molecule has 0 saturated carbocycles. The lowest BCUT2D eigenvalue weighted by molar-refractivity contribution is 0.477. The van der Waals surface area contributed by atoms with E-state index in [0.29, 0.717) is 0 Å². The molecule has 1 aromatic heterocycles. The summed E-state index contributed by atoms with van der Waals surface area (Å²) in [5.74, 6) is 1.21. The second-order valence-corrected chi connectivity index (χ2v) is 4.83. The summed E-state index contributed by atoms with van der Waals surface area (Å²) in [4.78, 5) is 10.9. The molecule has 0 aliphatic carbocycles. The van der Waals surface area contributed by atoms with Crippen LogP contribution in [0.3, 0.4) is 0 Å². The van der Waals surface area contributed by atoms with Gasteiger partial charge in [0, 0.05) is 24.7 Å². The maximum atomic E-state index is 9.89. The van der Waals surface area contributed by atoms with E-state index in [0.717, 1.165) is 30.2 Å². The summed E-state index contributed by atoms with van der Waals surface area (Å²) in [6.45, 7) is 2.11. The second-order valence-electron chi connectivity index (χ2n) is 4.83. The zero-order valence-corrected chi connectivity index (χ0v) is 10.8. The third kappa shape index (κ3) is 2.52. The average Bonchev–Trinajstić information content (AvgIpc) is 2.49. The predicted octanol–water partition coefficient (Wildman–Crippen LogP) is 2.84. The van der Waals surface area contributed by atoms with E-state index in [4.69, 9.17) is 0 Å². The van der Waals surface area contributed by atoms with Crippen LogP contribution in [0, 0.1) is 0 Å². The number of benzene rings is 1. The first-order valence-corrected chi connectivity index (χ1v) is 6.70. The topological polar surface area (TPSA) is 49.2 Å². The third-order valence-corrected chi connectivity index (χ3v) is 3.51. The molecule has 0 spiro atoms. The Balaban J connectivity index is 1.93. The summed E-state index contributed by atoms with van der Waals surface area (Å²) >= 11 is 0. The van der Waals surface area contributed by atoms with Crippen LogP contribution in [0.15, 0.2) is 36.7 Å². The molecular weight excluding hydrogens is 238 g/mol. The van der Waals surface area contributed by atoms with Gasteiger partial charge in [-0.15, -0.1) is 0 Å². The lowest BCUT2D eigenvalue weighted by Crippen LogP contribution is -2.30. The van der Waals surface area contributed by atoms with Gasteiger partial charge in [-0.05, 0) is 31.4 Å². The van der Waals surface area contributed by atoms with E-state index in [1.54, 1.807) is 12.4 Å². The van der Waals surface area contributed by atoms with Gasteiger partial charge in [-0.2, -0.15) is 0 Å². The SMILES string of the molecule is Oc1ccccc1-c1cc(N2CCCCC2)ncn1. The number of hydrogen-bond acceptors (Lipinski definition) is 4. The van der Waals surface area contributed by atoms with Crippen LogP contribution in [-0.2, 0) is 0 Å². The number of piperidine rings is 1. The highest BCUT2D eigenvalue weighted by atomic mass is 16.3. The van der Waals surface area contributed by atoms with Crippen molar-refractivity contribution < 1.29 is 5.11 Å². The molecule has 19 heavy (non-hydrogen) atoms. The molecule has 2 heterocycles. The smallest absolute Gasteiger partial charge is 0.132 e. The Morgan fingerprint density at radius 1 is 1.00 bits per heavy atom. The summed E-state index contributed by atoms with van der Waals surface area (Å²) in [5, 5.41) is 9.89. The number of phenols is 1. The highest BCUT2D eigenvalue weighted by molar-refractivity contribution is 5.68. The van der Waals surface area contributed by atoms with E-state index in [2.05, 4.69) is 14.9 Å². The number of rotatable bonds is 2. The van der Waals surface area contributed by atoms with E-state index in [-0.39, 0.29) is 5.75 Å². The van der Waals surface area contributed by atoms with Gasteiger partial charge >= 0.3 is 0 Å². The van der Waals surface area contributed by atoms with E-state index in [1.165, 1.54) is 19.3 Å². The number of anilines is 1. The first-order valence-electron chi connectivity index (χ1n) is 6.70. The van der Waals surface area contributed by atoms with E-state index in [1.807, 2.05) is 24.3 Å². The molecule has 2 aromatic rings. The van der Waals surface area contributed by atoms with Crippen LogP contribution in [-0.4, -0.2) is 28.2 Å². The maximum absolute atomic E-state index is 9.89. The van der Waals surface area contributed by atoms with E-state index in [9.17, 15) is 5.11 Å². The van der Waals surface area contributed by atoms with Gasteiger partial charge < -0.3 is 10.0 Å². The molecule has 0 bridgehead atoms. The number of para-hydroxylation sites is 1. The van der Waals surface area contributed by atoms with Crippen molar-refractivity contribution in [2.45, 2.75) is 19.3 Å². The van der Waals surface area contributed by atoms with Crippen LogP contribution in [0.2, 0.25) is 0 Å². The van der Waals surface area contributed by atoms with Gasteiger partial charge in [-0.3, -0.25) is 0 Å². The summed E-state index contributed by atoms with van der Waals surface area (Å²) in [7, 11) is 0. The Morgan fingerprint density at radius 3 is 2.58 bits per heavy atom. The van der Waals surface area contributed by atoms with Crippen LogP contribution < -0.4 is 4.90 Å². The monoisotopic (exact) mass is 255 g/mol. The van der Waals surface area contributed by atoms with Gasteiger partial charge in [0.2, 0.25) is 0 Å². The van der Waals surface area contributed by atoms with Crippen molar-refractivity contribution in [1.82, 2.24) is 9.97 Å². The number of phenolic OH excluding ortho intramolecular Hbond substituents is 1. The zero-order chi connectivity index (χ0) is 13.1. The normalized spacial score (nSPS) is 15.5. The quantitative estimate of drug-likeness (QED) is 0.896. The van der Waals surface area contributed by atoms with Crippen molar-refractivity contribution in [1.29, 1.82) is 0 Å². The molecular formula is C15H17N3O. The van der Waals surface area contributed by atoms with E-state index >= 15 is 0 Å². The molecule has 1 N–H and O–H groups in total. The van der Waals surface area contributed by atoms with Gasteiger partial charge in [0.1, 0.15) is 17.9 Å². The fraction of sp³-hybridized carbons (Fsp3) is 0.333. The first kappa shape index (κ1) is 12.0. The number of nitrogens with zero attached hydrogens (tertiary/aromatic N) is 3. The largest absolute Gasteiger partial charge is 0.507 e. The van der Waals surface area contributed by atoms with Crippen molar-refractivity contribution in [2.24, 2.45) is 0 Å². The fourth-order valence-electron chi connectivity index (χ4n) is 2.48. The number of aromatic hydroxyl groups is 1. The lowest BCUT2D eigenvalue weighted by Gasteiger charge is -2.27. The molecule has 1 saturated heterocycles. The molecule has 0 unspecified atom stereocenters. The molecule has 4 heteroatoms. The Labute approximate surface area is 112 Å². The summed E-state index contributed by atoms with van der Waals surface area (Å²) in [6, 6.07) is 9.22. The summed E-state index contributed by atoms with van der Waals surface area (Å²) in [5.41, 5.74) is 1.52. The number of aromatic nitrogens is 2. The van der Waals surface area contributed by atoms with E-state index < -0.39 is 0 Å². The second kappa shape index (κ2) is 5.26. The minimum atomic E-state index is 0.255. The highest BCUT2D eigenvalue weighted by Crippen LogP contribution is 2.29.